The van der Waals surface area contributed by atoms with Gasteiger partial charge >= 0.3 is 11.9 Å². The Morgan fingerprint density at radius 3 is 2.75 bits per heavy atom. The fourth-order valence-corrected chi connectivity index (χ4v) is 5.25. The molecule has 0 radical (unpaired) electrons. The normalized spacial score (nSPS) is 19.3. The number of carboxylic acid groups (broad SMARTS) is 1. The third kappa shape index (κ3) is 5.02. The van der Waals surface area contributed by atoms with Gasteiger partial charge in [0.05, 0.1) is 34.4 Å². The maximum absolute atomic E-state index is 12.6. The van der Waals surface area contributed by atoms with E-state index in [-0.39, 0.29) is 17.6 Å². The Morgan fingerprint density at radius 2 is 2.04 bits per heavy atom. The minimum Gasteiger partial charge on any atom is -0.481 e. The summed E-state index contributed by atoms with van der Waals surface area (Å²) >= 11 is 2.76. The first-order valence-electron chi connectivity index (χ1n) is 9.20. The van der Waals surface area contributed by atoms with Gasteiger partial charge in [0.15, 0.2) is 4.34 Å². The lowest BCUT2D eigenvalue weighted by Gasteiger charge is -2.27. The highest BCUT2D eigenvalue weighted by atomic mass is 32.2. The van der Waals surface area contributed by atoms with Crippen LogP contribution in [-0.2, 0) is 19.1 Å². The van der Waals surface area contributed by atoms with Gasteiger partial charge in [-0.15, -0.1) is 11.3 Å². The van der Waals surface area contributed by atoms with E-state index >= 15 is 0 Å². The lowest BCUT2D eigenvalue weighted by atomic mass is 9.78. The molecule has 1 saturated carbocycles. The van der Waals surface area contributed by atoms with Gasteiger partial charge in [-0.2, -0.15) is 0 Å². The van der Waals surface area contributed by atoms with Gasteiger partial charge in [-0.05, 0) is 38.0 Å². The number of rotatable bonds is 7. The molecule has 0 saturated heterocycles. The lowest BCUT2D eigenvalue weighted by molar-refractivity contribution is -0.147. The van der Waals surface area contributed by atoms with Crippen molar-refractivity contribution in [3.8, 4) is 0 Å². The molecule has 2 aromatic rings. The van der Waals surface area contributed by atoms with Crippen LogP contribution in [-0.4, -0.2) is 40.3 Å². The summed E-state index contributed by atoms with van der Waals surface area (Å²) in [5.74, 6) is -2.34. The minimum absolute atomic E-state index is 0.204. The van der Waals surface area contributed by atoms with Crippen LogP contribution in [0.1, 0.15) is 32.6 Å². The van der Waals surface area contributed by atoms with Crippen molar-refractivity contribution in [3.63, 3.8) is 0 Å². The molecule has 1 aliphatic rings. The van der Waals surface area contributed by atoms with Crippen molar-refractivity contribution in [2.24, 2.45) is 11.8 Å². The summed E-state index contributed by atoms with van der Waals surface area (Å²) in [4.78, 5) is 40.0. The van der Waals surface area contributed by atoms with Gasteiger partial charge in [0, 0.05) is 5.69 Å². The number of aromatic nitrogens is 1. The lowest BCUT2D eigenvalue weighted by Crippen LogP contribution is -2.36. The number of fused-ring (bicyclic) bond motifs is 1. The summed E-state index contributed by atoms with van der Waals surface area (Å²) in [6.45, 7) is 2.12. The highest BCUT2D eigenvalue weighted by Gasteiger charge is 2.35. The quantitative estimate of drug-likeness (QED) is 0.517. The van der Waals surface area contributed by atoms with Crippen molar-refractivity contribution in [1.82, 2.24) is 4.98 Å². The van der Waals surface area contributed by atoms with E-state index < -0.39 is 17.8 Å². The molecular weight excluding hydrogens is 400 g/mol. The topological polar surface area (TPSA) is 106 Å². The van der Waals surface area contributed by atoms with Crippen LogP contribution < -0.4 is 5.32 Å². The number of amides is 1. The number of anilines is 1. The standard InChI is InChI=1S/C19H22N2O5S2/c1-2-26-16(22)10-27-19-21-14-8-7-11(9-15(14)28-19)20-17(23)12-5-3-4-6-13(12)18(24)25/h7-9,12-13H,2-6,10H2,1H3,(H,20,23)(H,24,25)/t12-,13+/m0/s1. The van der Waals surface area contributed by atoms with Gasteiger partial charge in [-0.1, -0.05) is 24.6 Å². The van der Waals surface area contributed by atoms with Crippen LogP contribution in [0.15, 0.2) is 22.5 Å². The van der Waals surface area contributed by atoms with Crippen molar-refractivity contribution in [2.45, 2.75) is 36.9 Å². The highest BCUT2D eigenvalue weighted by Crippen LogP contribution is 2.33. The third-order valence-corrected chi connectivity index (χ3v) is 6.81. The Balaban J connectivity index is 1.67. The van der Waals surface area contributed by atoms with E-state index in [0.717, 1.165) is 27.4 Å². The summed E-state index contributed by atoms with van der Waals surface area (Å²) < 4.78 is 6.56. The zero-order chi connectivity index (χ0) is 20.1. The molecule has 7 nitrogen and oxygen atoms in total. The van der Waals surface area contributed by atoms with E-state index in [4.69, 9.17) is 4.74 Å². The number of carboxylic acids is 1. The van der Waals surface area contributed by atoms with E-state index in [0.29, 0.717) is 25.1 Å². The van der Waals surface area contributed by atoms with Crippen molar-refractivity contribution in [3.05, 3.63) is 18.2 Å². The second-order valence-electron chi connectivity index (χ2n) is 6.58. The number of thiazole rings is 1. The van der Waals surface area contributed by atoms with Crippen LogP contribution in [0.4, 0.5) is 5.69 Å². The average molecular weight is 423 g/mol. The molecule has 1 aliphatic carbocycles. The number of thioether (sulfide) groups is 1. The molecule has 3 rings (SSSR count). The van der Waals surface area contributed by atoms with Crippen molar-refractivity contribution < 1.29 is 24.2 Å². The monoisotopic (exact) mass is 422 g/mol. The van der Waals surface area contributed by atoms with Gasteiger partial charge in [0.25, 0.3) is 0 Å². The number of aliphatic carboxylic acids is 1. The number of hydrogen-bond donors (Lipinski definition) is 2. The number of hydrogen-bond acceptors (Lipinski definition) is 7. The molecule has 1 fully saturated rings. The second kappa shape index (κ2) is 9.38. The van der Waals surface area contributed by atoms with Crippen molar-refractivity contribution >= 4 is 56.8 Å². The Morgan fingerprint density at radius 1 is 1.29 bits per heavy atom. The molecule has 1 amide bonds. The molecule has 2 N–H and O–H groups in total. The molecular formula is C19H22N2O5S2. The molecule has 2 atom stereocenters. The zero-order valence-electron chi connectivity index (χ0n) is 15.5. The van der Waals surface area contributed by atoms with E-state index in [9.17, 15) is 19.5 Å². The van der Waals surface area contributed by atoms with Crippen LogP contribution in [0.5, 0.6) is 0 Å². The molecule has 1 aromatic heterocycles. The number of carbonyl (C=O) groups excluding carboxylic acids is 2. The average Bonchev–Trinajstić information content (AvgIpc) is 3.08. The van der Waals surface area contributed by atoms with Crippen LogP contribution >= 0.6 is 23.1 Å². The van der Waals surface area contributed by atoms with Crippen LogP contribution in [0.25, 0.3) is 10.2 Å². The highest BCUT2D eigenvalue weighted by molar-refractivity contribution is 8.01. The van der Waals surface area contributed by atoms with E-state index in [1.807, 2.05) is 12.1 Å². The first-order chi connectivity index (χ1) is 13.5. The van der Waals surface area contributed by atoms with Crippen molar-refractivity contribution in [1.29, 1.82) is 0 Å². The largest absolute Gasteiger partial charge is 0.481 e. The predicted molar refractivity (Wildman–Crippen MR) is 109 cm³/mol. The molecule has 1 heterocycles. The Hall–Kier alpha value is -2.13. The molecule has 0 bridgehead atoms. The van der Waals surface area contributed by atoms with Gasteiger partial charge in [-0.3, -0.25) is 14.4 Å². The summed E-state index contributed by atoms with van der Waals surface area (Å²) in [6, 6.07) is 5.40. The molecule has 0 aliphatic heterocycles. The summed E-state index contributed by atoms with van der Waals surface area (Å²) in [7, 11) is 0. The number of esters is 1. The Labute approximate surface area is 170 Å². The maximum atomic E-state index is 12.6. The van der Waals surface area contributed by atoms with Crippen LogP contribution in [0.2, 0.25) is 0 Å². The van der Waals surface area contributed by atoms with Gasteiger partial charge in [0.2, 0.25) is 5.91 Å². The van der Waals surface area contributed by atoms with Gasteiger partial charge < -0.3 is 15.2 Å². The maximum Gasteiger partial charge on any atom is 0.316 e. The molecule has 9 heteroatoms. The summed E-state index contributed by atoms with van der Waals surface area (Å²) in [5, 5.41) is 12.2. The van der Waals surface area contributed by atoms with Crippen molar-refractivity contribution in [2.75, 3.05) is 17.7 Å². The van der Waals surface area contributed by atoms with E-state index in [2.05, 4.69) is 10.3 Å². The van der Waals surface area contributed by atoms with Gasteiger partial charge in [0.1, 0.15) is 0 Å². The molecule has 1 aromatic carbocycles. The smallest absolute Gasteiger partial charge is 0.316 e. The summed E-state index contributed by atoms with van der Waals surface area (Å²) in [5.41, 5.74) is 1.41. The number of carbonyl (C=O) groups is 3. The second-order valence-corrected chi connectivity index (χ2v) is 8.83. The van der Waals surface area contributed by atoms with E-state index in [1.165, 1.54) is 23.1 Å². The fraction of sp³-hybridized carbons (Fsp3) is 0.474. The minimum atomic E-state index is -0.902. The number of benzene rings is 1. The zero-order valence-corrected chi connectivity index (χ0v) is 17.1. The molecule has 28 heavy (non-hydrogen) atoms. The number of nitrogens with one attached hydrogen (secondary N) is 1. The Bertz CT molecular complexity index is 882. The fourth-order valence-electron chi connectivity index (χ4n) is 3.34. The molecule has 0 unspecified atom stereocenters. The summed E-state index contributed by atoms with van der Waals surface area (Å²) in [6.07, 6.45) is 2.86. The number of nitrogens with zero attached hydrogens (tertiary/aromatic N) is 1. The van der Waals surface area contributed by atoms with Crippen LogP contribution in [0, 0.1) is 11.8 Å². The van der Waals surface area contributed by atoms with E-state index in [1.54, 1.807) is 13.0 Å². The van der Waals surface area contributed by atoms with Crippen LogP contribution in [0.3, 0.4) is 0 Å². The van der Waals surface area contributed by atoms with Gasteiger partial charge in [-0.25, -0.2) is 4.98 Å². The third-order valence-electron chi connectivity index (χ3n) is 4.68. The first kappa shape index (κ1) is 20.6. The first-order valence-corrected chi connectivity index (χ1v) is 11.0. The predicted octanol–water partition coefficient (Wildman–Crippen LogP) is 3.78. The Kier molecular flexibility index (Phi) is 6.90. The SMILES string of the molecule is CCOC(=O)CSc1nc2ccc(NC(=O)[C@H]3CCCC[C@H]3C(=O)O)cc2s1. The number of ether oxygens (including phenoxy) is 1. The molecule has 150 valence electrons. The molecule has 0 spiro atoms.